The lowest BCUT2D eigenvalue weighted by molar-refractivity contribution is 0.0691. The maximum Gasteiger partial charge on any atom is 0.358 e. The topological polar surface area (TPSA) is 84.3 Å². The lowest BCUT2D eigenvalue weighted by Crippen LogP contribution is -2.15. The molecule has 1 rings (SSSR count). The zero-order chi connectivity index (χ0) is 13.4. The van der Waals surface area contributed by atoms with Crippen molar-refractivity contribution in [3.8, 4) is 0 Å². The highest BCUT2D eigenvalue weighted by Gasteiger charge is 2.11. The Morgan fingerprint density at radius 3 is 2.78 bits per heavy atom. The monoisotopic (exact) mass is 253 g/mol. The van der Waals surface area contributed by atoms with Crippen molar-refractivity contribution >= 4 is 11.8 Å². The van der Waals surface area contributed by atoms with Crippen LogP contribution in [0.25, 0.3) is 0 Å². The molecule has 0 aromatic carbocycles. The van der Waals surface area contributed by atoms with Gasteiger partial charge in [-0.15, -0.1) is 0 Å². The van der Waals surface area contributed by atoms with Crippen molar-refractivity contribution in [3.05, 3.63) is 18.1 Å². The standard InChI is InChI=1S/C12H19N3O3/c1-9(2)3-7-18-8-6-15-11-10(12(16)17)13-4-5-14-11/h4-5,9H,3,6-8H2,1-2H3,(H,14,15)(H,16,17). The van der Waals surface area contributed by atoms with Crippen molar-refractivity contribution < 1.29 is 14.6 Å². The van der Waals surface area contributed by atoms with E-state index in [0.29, 0.717) is 25.7 Å². The Morgan fingerprint density at radius 2 is 2.11 bits per heavy atom. The summed E-state index contributed by atoms with van der Waals surface area (Å²) in [5.74, 6) is -0.194. The number of carboxylic acid groups (broad SMARTS) is 1. The fourth-order valence-corrected chi connectivity index (χ4v) is 1.29. The molecule has 0 aliphatic rings. The van der Waals surface area contributed by atoms with Gasteiger partial charge in [0.1, 0.15) is 0 Å². The van der Waals surface area contributed by atoms with Crippen LogP contribution in [0, 0.1) is 5.92 Å². The van der Waals surface area contributed by atoms with Gasteiger partial charge in [0.05, 0.1) is 6.61 Å². The minimum absolute atomic E-state index is 0.0697. The minimum atomic E-state index is -1.09. The van der Waals surface area contributed by atoms with Crippen LogP contribution in [0.3, 0.4) is 0 Å². The molecule has 0 amide bonds. The number of anilines is 1. The summed E-state index contributed by atoms with van der Waals surface area (Å²) >= 11 is 0. The quantitative estimate of drug-likeness (QED) is 0.685. The average Bonchev–Trinajstić information content (AvgIpc) is 2.33. The van der Waals surface area contributed by atoms with Crippen LogP contribution in [0.2, 0.25) is 0 Å². The molecule has 0 radical (unpaired) electrons. The molecule has 2 N–H and O–H groups in total. The second kappa shape index (κ2) is 7.60. The highest BCUT2D eigenvalue weighted by molar-refractivity contribution is 5.90. The molecule has 0 aliphatic carbocycles. The third-order valence-corrected chi connectivity index (χ3v) is 2.28. The van der Waals surface area contributed by atoms with Gasteiger partial charge in [-0.3, -0.25) is 0 Å². The minimum Gasteiger partial charge on any atom is -0.476 e. The Balaban J connectivity index is 2.29. The molecule has 0 atom stereocenters. The molecule has 0 unspecified atom stereocenters. The molecule has 0 fully saturated rings. The molecule has 1 aromatic heterocycles. The highest BCUT2D eigenvalue weighted by Crippen LogP contribution is 2.07. The largest absolute Gasteiger partial charge is 0.476 e. The van der Waals surface area contributed by atoms with Gasteiger partial charge in [0.2, 0.25) is 0 Å². The second-order valence-electron chi connectivity index (χ2n) is 4.28. The Labute approximate surface area is 106 Å². The van der Waals surface area contributed by atoms with Crippen molar-refractivity contribution in [2.45, 2.75) is 20.3 Å². The van der Waals surface area contributed by atoms with Gasteiger partial charge < -0.3 is 15.2 Å². The molecule has 0 saturated carbocycles. The van der Waals surface area contributed by atoms with Crippen LogP contribution < -0.4 is 5.32 Å². The fourth-order valence-electron chi connectivity index (χ4n) is 1.29. The van der Waals surface area contributed by atoms with Crippen LogP contribution >= 0.6 is 0 Å². The summed E-state index contributed by atoms with van der Waals surface area (Å²) in [4.78, 5) is 18.5. The van der Waals surface area contributed by atoms with Crippen LogP contribution in [0.15, 0.2) is 12.4 Å². The zero-order valence-corrected chi connectivity index (χ0v) is 10.7. The molecule has 0 bridgehead atoms. The van der Waals surface area contributed by atoms with Crippen molar-refractivity contribution in [1.82, 2.24) is 9.97 Å². The third kappa shape index (κ3) is 5.09. The van der Waals surface area contributed by atoms with Gasteiger partial charge in [-0.2, -0.15) is 0 Å². The number of hydrogen-bond donors (Lipinski definition) is 2. The van der Waals surface area contributed by atoms with E-state index in [1.54, 1.807) is 0 Å². The Morgan fingerprint density at radius 1 is 1.39 bits per heavy atom. The van der Waals surface area contributed by atoms with Gasteiger partial charge in [0.15, 0.2) is 11.5 Å². The Hall–Kier alpha value is -1.69. The smallest absolute Gasteiger partial charge is 0.358 e. The fraction of sp³-hybridized carbons (Fsp3) is 0.583. The van der Waals surface area contributed by atoms with Crippen LogP contribution in [-0.4, -0.2) is 40.8 Å². The molecular formula is C12H19N3O3. The number of aromatic carboxylic acids is 1. The molecule has 1 heterocycles. The van der Waals surface area contributed by atoms with Crippen LogP contribution in [0.4, 0.5) is 5.82 Å². The maximum atomic E-state index is 10.9. The molecule has 6 heteroatoms. The van der Waals surface area contributed by atoms with Gasteiger partial charge in [-0.05, 0) is 12.3 Å². The highest BCUT2D eigenvalue weighted by atomic mass is 16.5. The first-order valence-electron chi connectivity index (χ1n) is 5.97. The molecular weight excluding hydrogens is 234 g/mol. The SMILES string of the molecule is CC(C)CCOCCNc1nccnc1C(=O)O. The Kier molecular flexibility index (Phi) is 6.07. The van der Waals surface area contributed by atoms with E-state index < -0.39 is 5.97 Å². The second-order valence-corrected chi connectivity index (χ2v) is 4.28. The van der Waals surface area contributed by atoms with Crippen LogP contribution in [-0.2, 0) is 4.74 Å². The molecule has 18 heavy (non-hydrogen) atoms. The summed E-state index contributed by atoms with van der Waals surface area (Å²) in [5.41, 5.74) is -0.0697. The van der Waals surface area contributed by atoms with E-state index in [9.17, 15) is 4.79 Å². The summed E-state index contributed by atoms with van der Waals surface area (Å²) in [6.07, 6.45) is 3.83. The Bertz CT molecular complexity index is 383. The van der Waals surface area contributed by atoms with E-state index in [1.807, 2.05) is 0 Å². The number of nitrogens with one attached hydrogen (secondary N) is 1. The lowest BCUT2D eigenvalue weighted by atomic mass is 10.1. The van der Waals surface area contributed by atoms with Crippen molar-refractivity contribution in [1.29, 1.82) is 0 Å². The van der Waals surface area contributed by atoms with Crippen molar-refractivity contribution in [2.24, 2.45) is 5.92 Å². The van der Waals surface area contributed by atoms with Gasteiger partial charge >= 0.3 is 5.97 Å². The molecule has 6 nitrogen and oxygen atoms in total. The lowest BCUT2D eigenvalue weighted by Gasteiger charge is -2.09. The average molecular weight is 253 g/mol. The first-order valence-corrected chi connectivity index (χ1v) is 5.97. The number of carboxylic acids is 1. The van der Waals surface area contributed by atoms with E-state index in [2.05, 4.69) is 29.1 Å². The molecule has 0 saturated heterocycles. The summed E-state index contributed by atoms with van der Waals surface area (Å²) < 4.78 is 5.41. The first kappa shape index (κ1) is 14.4. The van der Waals surface area contributed by atoms with E-state index in [4.69, 9.17) is 9.84 Å². The maximum absolute atomic E-state index is 10.9. The third-order valence-electron chi connectivity index (χ3n) is 2.28. The number of nitrogens with zero attached hydrogens (tertiary/aromatic N) is 2. The van der Waals surface area contributed by atoms with E-state index >= 15 is 0 Å². The first-order chi connectivity index (χ1) is 8.61. The van der Waals surface area contributed by atoms with E-state index in [-0.39, 0.29) is 11.5 Å². The van der Waals surface area contributed by atoms with Gasteiger partial charge in [-0.1, -0.05) is 13.8 Å². The van der Waals surface area contributed by atoms with Crippen LogP contribution in [0.1, 0.15) is 30.8 Å². The summed E-state index contributed by atoms with van der Waals surface area (Å²) in [6, 6.07) is 0. The molecule has 0 aliphatic heterocycles. The summed E-state index contributed by atoms with van der Waals surface area (Å²) in [5, 5.41) is 11.8. The van der Waals surface area contributed by atoms with Gasteiger partial charge in [0, 0.05) is 25.5 Å². The summed E-state index contributed by atoms with van der Waals surface area (Å²) in [6.45, 7) is 6.02. The zero-order valence-electron chi connectivity index (χ0n) is 10.7. The van der Waals surface area contributed by atoms with Gasteiger partial charge in [0.25, 0.3) is 0 Å². The number of ether oxygens (including phenoxy) is 1. The van der Waals surface area contributed by atoms with Crippen molar-refractivity contribution in [2.75, 3.05) is 25.1 Å². The predicted molar refractivity (Wildman–Crippen MR) is 67.8 cm³/mol. The molecule has 1 aromatic rings. The molecule has 0 spiro atoms. The van der Waals surface area contributed by atoms with Crippen molar-refractivity contribution in [3.63, 3.8) is 0 Å². The van der Waals surface area contributed by atoms with Crippen LogP contribution in [0.5, 0.6) is 0 Å². The van der Waals surface area contributed by atoms with E-state index in [1.165, 1.54) is 12.4 Å². The number of hydrogen-bond acceptors (Lipinski definition) is 5. The van der Waals surface area contributed by atoms with Gasteiger partial charge in [-0.25, -0.2) is 14.8 Å². The van der Waals surface area contributed by atoms with E-state index in [0.717, 1.165) is 6.42 Å². The number of carbonyl (C=O) groups is 1. The number of aromatic nitrogens is 2. The summed E-state index contributed by atoms with van der Waals surface area (Å²) in [7, 11) is 0. The normalized spacial score (nSPS) is 10.6. The number of rotatable bonds is 8. The predicted octanol–water partition coefficient (Wildman–Crippen LogP) is 1.65. The molecule has 100 valence electrons.